The number of rotatable bonds is 8. The monoisotopic (exact) mass is 408 g/mol. The van der Waals surface area contributed by atoms with Crippen molar-refractivity contribution in [3.05, 3.63) is 95.0 Å². The third-order valence-electron chi connectivity index (χ3n) is 4.18. The Morgan fingerprint density at radius 3 is 2.31 bits per heavy atom. The molecule has 0 aliphatic heterocycles. The first kappa shape index (κ1) is 20.4. The van der Waals surface area contributed by atoms with Crippen molar-refractivity contribution < 1.29 is 14.3 Å². The summed E-state index contributed by atoms with van der Waals surface area (Å²) in [5.41, 5.74) is 2.90. The summed E-state index contributed by atoms with van der Waals surface area (Å²) in [6.45, 7) is 0.114. The highest BCUT2D eigenvalue weighted by Gasteiger charge is 2.14. The second kappa shape index (κ2) is 10.3. The minimum atomic E-state index is -0.558. The van der Waals surface area contributed by atoms with Crippen LogP contribution in [0.2, 0.25) is 5.02 Å². The Balaban J connectivity index is 1.49. The second-order valence-corrected chi connectivity index (χ2v) is 6.78. The van der Waals surface area contributed by atoms with E-state index in [0.29, 0.717) is 29.2 Å². The molecule has 3 rings (SSSR count). The van der Waals surface area contributed by atoms with E-state index in [-0.39, 0.29) is 12.5 Å². The van der Waals surface area contributed by atoms with Gasteiger partial charge in [-0.05, 0) is 48.4 Å². The summed E-state index contributed by atoms with van der Waals surface area (Å²) in [5.74, 6) is -0.905. The molecule has 0 heterocycles. The normalized spacial score (nSPS) is 10.2. The van der Waals surface area contributed by atoms with Gasteiger partial charge in [0, 0.05) is 17.3 Å². The van der Waals surface area contributed by atoms with Gasteiger partial charge in [-0.3, -0.25) is 4.79 Å². The number of hydrogen-bond donors (Lipinski definition) is 2. The highest BCUT2D eigenvalue weighted by Crippen LogP contribution is 2.21. The van der Waals surface area contributed by atoms with Crippen molar-refractivity contribution >= 4 is 34.9 Å². The molecule has 1 amide bonds. The summed E-state index contributed by atoms with van der Waals surface area (Å²) in [5, 5.41) is 6.60. The molecule has 3 aromatic rings. The Labute approximate surface area is 174 Å². The molecule has 29 heavy (non-hydrogen) atoms. The van der Waals surface area contributed by atoms with Gasteiger partial charge < -0.3 is 15.4 Å². The molecule has 0 atom stereocenters. The third kappa shape index (κ3) is 6.36. The van der Waals surface area contributed by atoms with Crippen molar-refractivity contribution in [3.8, 4) is 0 Å². The van der Waals surface area contributed by atoms with Gasteiger partial charge in [-0.15, -0.1) is 0 Å². The van der Waals surface area contributed by atoms with Gasteiger partial charge in [-0.25, -0.2) is 4.79 Å². The predicted molar refractivity (Wildman–Crippen MR) is 115 cm³/mol. The maximum absolute atomic E-state index is 12.4. The van der Waals surface area contributed by atoms with E-state index in [9.17, 15) is 9.59 Å². The number of para-hydroxylation sites is 2. The number of anilines is 2. The zero-order valence-corrected chi connectivity index (χ0v) is 16.5. The molecule has 148 valence electrons. The van der Waals surface area contributed by atoms with E-state index >= 15 is 0 Å². The zero-order valence-electron chi connectivity index (χ0n) is 15.7. The number of carbonyl (C=O) groups excluding carboxylic acids is 2. The van der Waals surface area contributed by atoms with E-state index in [1.165, 1.54) is 0 Å². The van der Waals surface area contributed by atoms with Crippen molar-refractivity contribution in [1.82, 2.24) is 5.32 Å². The summed E-state index contributed by atoms with van der Waals surface area (Å²) >= 11 is 5.85. The van der Waals surface area contributed by atoms with Crippen LogP contribution in [0.15, 0.2) is 78.9 Å². The Morgan fingerprint density at radius 2 is 1.55 bits per heavy atom. The number of nitrogens with one attached hydrogen (secondary N) is 2. The van der Waals surface area contributed by atoms with Crippen LogP contribution < -0.4 is 10.6 Å². The molecule has 6 heteroatoms. The van der Waals surface area contributed by atoms with Crippen LogP contribution in [0, 0.1) is 0 Å². The molecule has 0 fully saturated rings. The molecular formula is C23H21ClN2O3. The van der Waals surface area contributed by atoms with Gasteiger partial charge in [-0.2, -0.15) is 0 Å². The maximum atomic E-state index is 12.4. The predicted octanol–water partition coefficient (Wildman–Crippen LogP) is 4.60. The number of carbonyl (C=O) groups is 2. The lowest BCUT2D eigenvalue weighted by Gasteiger charge is -2.12. The molecule has 0 aliphatic carbocycles. The molecule has 2 N–H and O–H groups in total. The SMILES string of the molecule is O=C(COC(=O)c1ccccc1Nc1ccccc1)NCCc1ccc(Cl)cc1. The lowest BCUT2D eigenvalue weighted by atomic mass is 10.1. The quantitative estimate of drug-likeness (QED) is 0.534. The van der Waals surface area contributed by atoms with Crippen LogP contribution in [-0.4, -0.2) is 25.0 Å². The summed E-state index contributed by atoms with van der Waals surface area (Å²) in [6.07, 6.45) is 0.667. The molecule has 0 radical (unpaired) electrons. The summed E-state index contributed by atoms with van der Waals surface area (Å²) in [4.78, 5) is 24.4. The fraction of sp³-hybridized carbons (Fsp3) is 0.130. The molecule has 0 saturated heterocycles. The van der Waals surface area contributed by atoms with Crippen LogP contribution >= 0.6 is 11.6 Å². The minimum absolute atomic E-state index is 0.334. The summed E-state index contributed by atoms with van der Waals surface area (Å²) < 4.78 is 5.18. The standard InChI is InChI=1S/C23H21ClN2O3/c24-18-12-10-17(11-13-18)14-15-25-22(27)16-29-23(28)20-8-4-5-9-21(20)26-19-6-2-1-3-7-19/h1-13,26H,14-16H2,(H,25,27). The number of benzene rings is 3. The van der Waals surface area contributed by atoms with Gasteiger partial charge in [0.25, 0.3) is 5.91 Å². The Kier molecular flexibility index (Phi) is 7.25. The summed E-state index contributed by atoms with van der Waals surface area (Å²) in [7, 11) is 0. The van der Waals surface area contributed by atoms with Crippen LogP contribution in [0.5, 0.6) is 0 Å². The first-order chi connectivity index (χ1) is 14.1. The van der Waals surface area contributed by atoms with E-state index < -0.39 is 5.97 Å². The van der Waals surface area contributed by atoms with Gasteiger partial charge in [0.15, 0.2) is 6.61 Å². The van der Waals surface area contributed by atoms with Crippen molar-refractivity contribution in [3.63, 3.8) is 0 Å². The van der Waals surface area contributed by atoms with Crippen LogP contribution in [0.4, 0.5) is 11.4 Å². The molecule has 3 aromatic carbocycles. The molecule has 5 nitrogen and oxygen atoms in total. The Bertz CT molecular complexity index is 959. The van der Waals surface area contributed by atoms with Crippen LogP contribution in [0.25, 0.3) is 0 Å². The fourth-order valence-electron chi connectivity index (χ4n) is 2.70. The molecule has 0 aromatic heterocycles. The van der Waals surface area contributed by atoms with Crippen molar-refractivity contribution in [2.24, 2.45) is 0 Å². The minimum Gasteiger partial charge on any atom is -0.452 e. The third-order valence-corrected chi connectivity index (χ3v) is 4.44. The highest BCUT2D eigenvalue weighted by molar-refractivity contribution is 6.30. The number of esters is 1. The first-order valence-electron chi connectivity index (χ1n) is 9.21. The van der Waals surface area contributed by atoms with Gasteiger partial charge in [0.05, 0.1) is 11.3 Å². The van der Waals surface area contributed by atoms with Crippen LogP contribution in [0.1, 0.15) is 15.9 Å². The van der Waals surface area contributed by atoms with E-state index in [1.54, 1.807) is 30.3 Å². The first-order valence-corrected chi connectivity index (χ1v) is 9.59. The molecule has 0 spiro atoms. The smallest absolute Gasteiger partial charge is 0.340 e. The number of hydrogen-bond acceptors (Lipinski definition) is 4. The molecule has 0 unspecified atom stereocenters. The Hall–Kier alpha value is -3.31. The zero-order chi connectivity index (χ0) is 20.5. The fourth-order valence-corrected chi connectivity index (χ4v) is 2.83. The topological polar surface area (TPSA) is 67.4 Å². The average molecular weight is 409 g/mol. The lowest BCUT2D eigenvalue weighted by Crippen LogP contribution is -2.30. The van der Waals surface area contributed by atoms with E-state index in [1.807, 2.05) is 48.5 Å². The molecular weight excluding hydrogens is 388 g/mol. The largest absolute Gasteiger partial charge is 0.452 e. The Morgan fingerprint density at radius 1 is 0.862 bits per heavy atom. The van der Waals surface area contributed by atoms with Crippen LogP contribution in [0.3, 0.4) is 0 Å². The van der Waals surface area contributed by atoms with E-state index in [2.05, 4.69) is 10.6 Å². The van der Waals surface area contributed by atoms with Crippen LogP contribution in [-0.2, 0) is 16.0 Å². The molecule has 0 bridgehead atoms. The number of amides is 1. The van der Waals surface area contributed by atoms with Crippen molar-refractivity contribution in [1.29, 1.82) is 0 Å². The second-order valence-electron chi connectivity index (χ2n) is 6.34. The van der Waals surface area contributed by atoms with Gasteiger partial charge in [0.1, 0.15) is 0 Å². The average Bonchev–Trinajstić information content (AvgIpc) is 2.74. The van der Waals surface area contributed by atoms with Gasteiger partial charge >= 0.3 is 5.97 Å². The number of ether oxygens (including phenoxy) is 1. The molecule has 0 saturated carbocycles. The van der Waals surface area contributed by atoms with E-state index in [0.717, 1.165) is 11.3 Å². The van der Waals surface area contributed by atoms with Gasteiger partial charge in [0.2, 0.25) is 0 Å². The van der Waals surface area contributed by atoms with Crippen molar-refractivity contribution in [2.45, 2.75) is 6.42 Å². The van der Waals surface area contributed by atoms with E-state index in [4.69, 9.17) is 16.3 Å². The lowest BCUT2D eigenvalue weighted by molar-refractivity contribution is -0.124. The van der Waals surface area contributed by atoms with Gasteiger partial charge in [-0.1, -0.05) is 54.1 Å². The molecule has 0 aliphatic rings. The number of halogens is 1. The van der Waals surface area contributed by atoms with Crippen molar-refractivity contribution in [2.75, 3.05) is 18.5 Å². The maximum Gasteiger partial charge on any atom is 0.340 e. The summed E-state index contributed by atoms with van der Waals surface area (Å²) in [6, 6.07) is 24.0. The highest BCUT2D eigenvalue weighted by atomic mass is 35.5.